The van der Waals surface area contributed by atoms with Crippen molar-refractivity contribution in [1.82, 2.24) is 14.0 Å². The SMILES string of the molecule is CC(=O)OCc1c(Cl)ccnc1-n1ccn2c3c(c(Br)c2c1=O)CC(C)(C)C3. The van der Waals surface area contributed by atoms with Crippen LogP contribution in [0.5, 0.6) is 0 Å². The Balaban J connectivity index is 1.90. The third kappa shape index (κ3) is 3.06. The second-order valence-electron chi connectivity index (χ2n) is 7.82. The largest absolute Gasteiger partial charge is 0.461 e. The number of carbonyl (C=O) groups excluding carboxylic acids is 1. The number of fused-ring (bicyclic) bond motifs is 3. The molecule has 0 amide bonds. The molecule has 4 rings (SSSR count). The number of hydrogen-bond acceptors (Lipinski definition) is 4. The van der Waals surface area contributed by atoms with Crippen LogP contribution in [0.2, 0.25) is 5.02 Å². The van der Waals surface area contributed by atoms with Gasteiger partial charge in [-0.1, -0.05) is 25.4 Å². The molecule has 3 heterocycles. The molecule has 3 aromatic heterocycles. The summed E-state index contributed by atoms with van der Waals surface area (Å²) in [5.41, 5.74) is 3.37. The molecule has 0 atom stereocenters. The minimum Gasteiger partial charge on any atom is -0.461 e. The smallest absolute Gasteiger partial charge is 0.302 e. The van der Waals surface area contributed by atoms with Gasteiger partial charge in [-0.15, -0.1) is 0 Å². The highest BCUT2D eigenvalue weighted by molar-refractivity contribution is 9.10. The first-order valence-corrected chi connectivity index (χ1v) is 10.1. The van der Waals surface area contributed by atoms with Gasteiger partial charge < -0.3 is 9.14 Å². The highest BCUT2D eigenvalue weighted by atomic mass is 79.9. The number of aromatic nitrogens is 3. The van der Waals surface area contributed by atoms with Gasteiger partial charge in [0.25, 0.3) is 5.56 Å². The van der Waals surface area contributed by atoms with Gasteiger partial charge in [-0.25, -0.2) is 4.98 Å². The van der Waals surface area contributed by atoms with Gasteiger partial charge in [0.05, 0.1) is 15.1 Å². The highest BCUT2D eigenvalue weighted by Gasteiger charge is 2.34. The van der Waals surface area contributed by atoms with Crippen molar-refractivity contribution in [2.24, 2.45) is 5.41 Å². The Morgan fingerprint density at radius 1 is 1.36 bits per heavy atom. The van der Waals surface area contributed by atoms with E-state index in [0.717, 1.165) is 23.0 Å². The van der Waals surface area contributed by atoms with Gasteiger partial charge in [0, 0.05) is 31.2 Å². The van der Waals surface area contributed by atoms with Crippen LogP contribution in [0.15, 0.2) is 33.9 Å². The first-order valence-electron chi connectivity index (χ1n) is 8.89. The molecule has 0 aromatic carbocycles. The van der Waals surface area contributed by atoms with Crippen molar-refractivity contribution in [2.75, 3.05) is 0 Å². The van der Waals surface area contributed by atoms with E-state index >= 15 is 0 Å². The zero-order chi connectivity index (χ0) is 20.2. The molecule has 146 valence electrons. The second kappa shape index (κ2) is 6.74. The minimum absolute atomic E-state index is 0.0537. The van der Waals surface area contributed by atoms with Crippen molar-refractivity contribution in [3.63, 3.8) is 0 Å². The van der Waals surface area contributed by atoms with Crippen LogP contribution in [-0.2, 0) is 29.0 Å². The Kier molecular flexibility index (Phi) is 4.62. The van der Waals surface area contributed by atoms with Crippen LogP contribution >= 0.6 is 27.5 Å². The summed E-state index contributed by atoms with van der Waals surface area (Å²) in [4.78, 5) is 28.9. The molecule has 0 N–H and O–H groups in total. The maximum Gasteiger partial charge on any atom is 0.302 e. The predicted molar refractivity (Wildman–Crippen MR) is 110 cm³/mol. The number of nitrogens with zero attached hydrogens (tertiary/aromatic N) is 3. The monoisotopic (exact) mass is 463 g/mol. The lowest BCUT2D eigenvalue weighted by molar-refractivity contribution is -0.142. The molecule has 0 aliphatic heterocycles. The van der Waals surface area contributed by atoms with Crippen molar-refractivity contribution in [3.05, 3.63) is 61.3 Å². The average molecular weight is 465 g/mol. The fourth-order valence-corrected chi connectivity index (χ4v) is 4.76. The van der Waals surface area contributed by atoms with Crippen LogP contribution in [0.3, 0.4) is 0 Å². The molecule has 0 radical (unpaired) electrons. The van der Waals surface area contributed by atoms with Crippen LogP contribution in [0, 0.1) is 5.41 Å². The normalized spacial score (nSPS) is 15.0. The summed E-state index contributed by atoms with van der Waals surface area (Å²) >= 11 is 9.94. The van der Waals surface area contributed by atoms with Gasteiger partial charge in [-0.2, -0.15) is 0 Å². The molecule has 3 aromatic rings. The maximum atomic E-state index is 13.3. The second-order valence-corrected chi connectivity index (χ2v) is 9.02. The number of carbonyl (C=O) groups is 1. The number of ether oxygens (including phenoxy) is 1. The summed E-state index contributed by atoms with van der Waals surface area (Å²) in [5.74, 6) is -0.0723. The van der Waals surface area contributed by atoms with Crippen molar-refractivity contribution < 1.29 is 9.53 Å². The first-order chi connectivity index (χ1) is 13.2. The van der Waals surface area contributed by atoms with Crippen molar-refractivity contribution in [2.45, 2.75) is 40.2 Å². The molecule has 0 bridgehead atoms. The fourth-order valence-electron chi connectivity index (χ4n) is 3.84. The van der Waals surface area contributed by atoms with E-state index < -0.39 is 5.97 Å². The molecule has 1 aliphatic rings. The van der Waals surface area contributed by atoms with E-state index in [4.69, 9.17) is 16.3 Å². The van der Waals surface area contributed by atoms with E-state index in [1.54, 1.807) is 12.3 Å². The Labute approximate surface area is 175 Å². The third-order valence-electron chi connectivity index (χ3n) is 5.06. The Morgan fingerprint density at radius 2 is 2.11 bits per heavy atom. The lowest BCUT2D eigenvalue weighted by atomic mass is 9.90. The summed E-state index contributed by atoms with van der Waals surface area (Å²) in [6.45, 7) is 5.72. The lowest BCUT2D eigenvalue weighted by Gasteiger charge is -2.17. The standard InChI is InChI=1S/C20H19BrClN3O3/c1-11(26)28-10-13-14(22)4-5-23-18(13)25-7-6-24-15-9-20(2,3)8-12(15)16(21)17(24)19(25)27/h4-7H,8-10H2,1-3H3. The quantitative estimate of drug-likeness (QED) is 0.548. The van der Waals surface area contributed by atoms with Gasteiger partial charge in [-0.3, -0.25) is 14.2 Å². The fraction of sp³-hybridized carbons (Fsp3) is 0.350. The van der Waals surface area contributed by atoms with Crippen LogP contribution in [0.4, 0.5) is 0 Å². The molecule has 28 heavy (non-hydrogen) atoms. The minimum atomic E-state index is -0.429. The van der Waals surface area contributed by atoms with Crippen LogP contribution < -0.4 is 5.56 Å². The molecule has 0 spiro atoms. The molecule has 0 fully saturated rings. The van der Waals surface area contributed by atoms with E-state index in [9.17, 15) is 9.59 Å². The number of hydrogen-bond donors (Lipinski definition) is 0. The average Bonchev–Trinajstić information content (AvgIpc) is 3.06. The molecular weight excluding hydrogens is 446 g/mol. The number of pyridine rings is 1. The summed E-state index contributed by atoms with van der Waals surface area (Å²) in [7, 11) is 0. The third-order valence-corrected chi connectivity index (χ3v) is 6.27. The number of rotatable bonds is 3. The highest BCUT2D eigenvalue weighted by Crippen LogP contribution is 2.42. The lowest BCUT2D eigenvalue weighted by Crippen LogP contribution is -2.23. The summed E-state index contributed by atoms with van der Waals surface area (Å²) in [6, 6.07) is 1.61. The van der Waals surface area contributed by atoms with Gasteiger partial charge >= 0.3 is 5.97 Å². The van der Waals surface area contributed by atoms with Crippen molar-refractivity contribution >= 4 is 39.0 Å². The molecule has 6 nitrogen and oxygen atoms in total. The molecule has 8 heteroatoms. The summed E-state index contributed by atoms with van der Waals surface area (Å²) in [6.07, 6.45) is 6.91. The Morgan fingerprint density at radius 3 is 2.82 bits per heavy atom. The van der Waals surface area contributed by atoms with Crippen molar-refractivity contribution in [3.8, 4) is 5.82 Å². The van der Waals surface area contributed by atoms with Gasteiger partial charge in [-0.05, 0) is 45.8 Å². The Bertz CT molecular complexity index is 1180. The van der Waals surface area contributed by atoms with Crippen LogP contribution in [-0.4, -0.2) is 19.9 Å². The zero-order valence-electron chi connectivity index (χ0n) is 15.8. The molecule has 0 saturated heterocycles. The summed E-state index contributed by atoms with van der Waals surface area (Å²) < 4.78 is 9.34. The van der Waals surface area contributed by atoms with E-state index in [0.29, 0.717) is 21.9 Å². The van der Waals surface area contributed by atoms with Gasteiger partial charge in [0.15, 0.2) is 0 Å². The van der Waals surface area contributed by atoms with E-state index in [1.165, 1.54) is 23.3 Å². The predicted octanol–water partition coefficient (Wildman–Crippen LogP) is 4.09. The van der Waals surface area contributed by atoms with Crippen LogP contribution in [0.25, 0.3) is 11.3 Å². The number of halogens is 2. The van der Waals surface area contributed by atoms with Gasteiger partial charge in [0.1, 0.15) is 17.9 Å². The van der Waals surface area contributed by atoms with Crippen LogP contribution in [0.1, 0.15) is 37.6 Å². The van der Waals surface area contributed by atoms with Crippen molar-refractivity contribution in [1.29, 1.82) is 0 Å². The van der Waals surface area contributed by atoms with E-state index in [1.807, 2.05) is 10.6 Å². The van der Waals surface area contributed by atoms with Gasteiger partial charge in [0.2, 0.25) is 0 Å². The molecule has 1 aliphatic carbocycles. The zero-order valence-corrected chi connectivity index (χ0v) is 18.1. The molecular formula is C20H19BrClN3O3. The number of esters is 1. The summed E-state index contributed by atoms with van der Waals surface area (Å²) in [5, 5.41) is 0.386. The van der Waals surface area contributed by atoms with E-state index in [2.05, 4.69) is 34.8 Å². The first kappa shape index (κ1) is 19.2. The molecule has 0 saturated carbocycles. The molecule has 0 unspecified atom stereocenters. The van der Waals surface area contributed by atoms with E-state index in [-0.39, 0.29) is 17.6 Å². The Hall–Kier alpha value is -2.12. The maximum absolute atomic E-state index is 13.3. The topological polar surface area (TPSA) is 65.6 Å².